The normalized spacial score (nSPS) is 23.4. The van der Waals surface area contributed by atoms with Gasteiger partial charge in [-0.2, -0.15) is 0 Å². The maximum absolute atomic E-state index is 12.7. The first-order valence-electron chi connectivity index (χ1n) is 11.6. The van der Waals surface area contributed by atoms with Crippen LogP contribution in [0.15, 0.2) is 11.6 Å². The molecule has 2 aliphatic heterocycles. The summed E-state index contributed by atoms with van der Waals surface area (Å²) in [4.78, 5) is 36.3. The first-order chi connectivity index (χ1) is 17.5. The average molecular weight is 1210 g/mol. The van der Waals surface area contributed by atoms with Crippen molar-refractivity contribution < 1.29 is 190 Å². The molecule has 0 aliphatic carbocycles. The zero-order valence-electron chi connectivity index (χ0n) is 23.0. The van der Waals surface area contributed by atoms with Crippen LogP contribution in [0.5, 0.6) is 11.5 Å². The number of hydrogen-bond donors (Lipinski definition) is 3. The summed E-state index contributed by atoms with van der Waals surface area (Å²) in [7, 11) is 3.84. The van der Waals surface area contributed by atoms with E-state index in [1.165, 1.54) is 14.2 Å². The predicted molar refractivity (Wildman–Crippen MR) is 125 cm³/mol. The Balaban J connectivity index is 0.00000507. The second-order valence-electron chi connectivity index (χ2n) is 8.76. The first-order valence-corrected chi connectivity index (χ1v) is 11.6. The molecule has 213 valence electrons. The van der Waals surface area contributed by atoms with E-state index < -0.39 is 42.6 Å². The Labute approximate surface area is 339 Å². The van der Waals surface area contributed by atoms with E-state index in [9.17, 15) is 29.7 Å². The summed E-state index contributed by atoms with van der Waals surface area (Å²) in [6, 6.07) is 0. The molecule has 0 amide bonds. The van der Waals surface area contributed by atoms with Gasteiger partial charge >= 0.3 is 17.9 Å². The van der Waals surface area contributed by atoms with Gasteiger partial charge in [0.25, 0.3) is 0 Å². The molecule has 3 rings (SSSR count). The molecule has 40 heavy (non-hydrogen) atoms. The summed E-state index contributed by atoms with van der Waals surface area (Å²) in [5.74, 6) is -1.62. The Kier molecular flexibility index (Phi) is 19.4. The minimum atomic E-state index is -1.81. The maximum atomic E-state index is 12.7. The van der Waals surface area contributed by atoms with E-state index in [0.29, 0.717) is 28.9 Å². The Morgan fingerprint density at radius 1 is 0.975 bits per heavy atom. The summed E-state index contributed by atoms with van der Waals surface area (Å²) in [5, 5.41) is 31.1. The molecular formula is C25H32Ac3O12. The summed E-state index contributed by atoms with van der Waals surface area (Å²) >= 11 is 0. The fraction of sp³-hybridized carbons (Fsp3) is 0.560. The van der Waals surface area contributed by atoms with Gasteiger partial charge in [0.15, 0.2) is 6.10 Å². The standard InChI is InChI=1S/C25H32O12.3Ac/c1-11(7-9-15(26)32-3)6-8-13-20(33-4)12(2)14-10-35-23(30)16(14)21(13)36-25-19(29)17(27)18(28)22(37-25)24(31)34-5;;;/h6,17-19,22,25,27-29H,7-10H2,1-5H3;;;/b11-6+;;;/t17-,18+,19?,22?,25+;;;/m0.../s1. The molecule has 3 N–H and O–H groups in total. The van der Waals surface area contributed by atoms with Gasteiger partial charge in [-0.1, -0.05) is 11.6 Å². The third-order valence-corrected chi connectivity index (χ3v) is 6.47. The van der Waals surface area contributed by atoms with Crippen LogP contribution < -0.4 is 9.47 Å². The van der Waals surface area contributed by atoms with Crippen molar-refractivity contribution in [2.24, 2.45) is 0 Å². The third kappa shape index (κ3) is 9.32. The Morgan fingerprint density at radius 2 is 1.62 bits per heavy atom. The van der Waals surface area contributed by atoms with E-state index in [4.69, 9.17) is 18.9 Å². The molecule has 5 atom stereocenters. The van der Waals surface area contributed by atoms with Gasteiger partial charge in [0.1, 0.15) is 42.0 Å². The summed E-state index contributed by atoms with van der Waals surface area (Å²) in [6.45, 7) is 3.57. The molecule has 2 unspecified atom stereocenters. The van der Waals surface area contributed by atoms with Gasteiger partial charge in [0, 0.05) is 150 Å². The molecule has 1 fully saturated rings. The molecule has 2 heterocycles. The number of carbonyl (C=O) groups excluding carboxylic acids is 3. The molecule has 1 aromatic carbocycles. The van der Waals surface area contributed by atoms with E-state index in [2.05, 4.69) is 9.47 Å². The molecule has 1 aromatic rings. The molecular weight excluding hydrogens is 1170 g/mol. The zero-order valence-corrected chi connectivity index (χ0v) is 37.3. The number of aliphatic hydroxyl groups is 3. The quantitative estimate of drug-likeness (QED) is 0.178. The number of carbonyl (C=O) groups is 3. The monoisotopic (exact) mass is 1210 g/mol. The van der Waals surface area contributed by atoms with E-state index in [1.807, 2.05) is 13.0 Å². The predicted octanol–water partition coefficient (Wildman–Crippen LogP) is 0.475. The average Bonchev–Trinajstić information content (AvgIpc) is 3.28. The number of fused-ring (bicyclic) bond motifs is 1. The van der Waals surface area contributed by atoms with Crippen molar-refractivity contribution >= 4 is 17.9 Å². The van der Waals surface area contributed by atoms with Crippen LogP contribution in [0.25, 0.3) is 0 Å². The van der Waals surface area contributed by atoms with Crippen molar-refractivity contribution in [1.29, 1.82) is 0 Å². The van der Waals surface area contributed by atoms with Crippen LogP contribution in [0.4, 0.5) is 0 Å². The number of benzene rings is 1. The SMILES string of the molecule is COC(=O)CC/C(C)=C/Cc1c(OC)c(C)c2c(c1O[C@@H]1OC(C(=O)OC)[C@H](O)[C@H](O)C1O)C(=O)OC2.[Ac].[Ac].[Ac]. The van der Waals surface area contributed by atoms with Gasteiger partial charge in [-0.05, 0) is 32.3 Å². The van der Waals surface area contributed by atoms with E-state index in [-0.39, 0.29) is 169 Å². The van der Waals surface area contributed by atoms with Crippen LogP contribution in [-0.4, -0.2) is 85.3 Å². The van der Waals surface area contributed by atoms with Crippen LogP contribution in [0, 0.1) is 139 Å². The second-order valence-corrected chi connectivity index (χ2v) is 8.76. The minimum Gasteiger partial charge on any atom is -0.496 e. The number of aliphatic hydroxyl groups excluding tert-OH is 3. The van der Waals surface area contributed by atoms with Gasteiger partial charge < -0.3 is 43.7 Å². The van der Waals surface area contributed by atoms with Gasteiger partial charge in [0.2, 0.25) is 6.29 Å². The summed E-state index contributed by atoms with van der Waals surface area (Å²) in [5.41, 5.74) is 2.54. The minimum absolute atomic E-state index is 0. The number of ether oxygens (including phenoxy) is 6. The Bertz CT molecular complexity index is 1090. The number of methoxy groups -OCH3 is 3. The zero-order chi connectivity index (χ0) is 27.4. The van der Waals surface area contributed by atoms with Crippen molar-refractivity contribution in [2.75, 3.05) is 21.3 Å². The first kappa shape index (κ1) is 41.1. The molecule has 3 radical (unpaired) electrons. The van der Waals surface area contributed by atoms with Crippen molar-refractivity contribution in [3.8, 4) is 11.5 Å². The van der Waals surface area contributed by atoms with Crippen molar-refractivity contribution in [3.63, 3.8) is 0 Å². The van der Waals surface area contributed by atoms with Gasteiger partial charge in [0.05, 0.1) is 21.3 Å². The molecule has 0 bridgehead atoms. The van der Waals surface area contributed by atoms with Gasteiger partial charge in [-0.25, -0.2) is 9.59 Å². The Hall–Kier alpha value is 1.13. The third-order valence-electron chi connectivity index (χ3n) is 6.47. The molecule has 15 heteroatoms. The van der Waals surface area contributed by atoms with Crippen LogP contribution in [-0.2, 0) is 41.6 Å². The molecule has 12 nitrogen and oxygen atoms in total. The smallest absolute Gasteiger partial charge is 0.342 e. The fourth-order valence-corrected chi connectivity index (χ4v) is 4.29. The molecule has 2 aliphatic rings. The van der Waals surface area contributed by atoms with Crippen molar-refractivity contribution in [3.05, 3.63) is 33.9 Å². The largest absolute Gasteiger partial charge is 0.496 e. The van der Waals surface area contributed by atoms with Crippen LogP contribution in [0.2, 0.25) is 0 Å². The van der Waals surface area contributed by atoms with E-state index in [1.54, 1.807) is 6.92 Å². The number of allylic oxidation sites excluding steroid dienone is 2. The van der Waals surface area contributed by atoms with Crippen molar-refractivity contribution in [2.45, 2.75) is 70.4 Å². The number of hydrogen-bond acceptors (Lipinski definition) is 12. The Morgan fingerprint density at radius 3 is 2.20 bits per heavy atom. The molecule has 0 spiro atoms. The number of cyclic esters (lactones) is 1. The number of esters is 3. The molecule has 0 aromatic heterocycles. The van der Waals surface area contributed by atoms with Crippen LogP contribution in [0.1, 0.15) is 46.8 Å². The molecule has 0 saturated carbocycles. The topological polar surface area (TPSA) is 167 Å². The summed E-state index contributed by atoms with van der Waals surface area (Å²) < 4.78 is 31.6. The summed E-state index contributed by atoms with van der Waals surface area (Å²) in [6.07, 6.45) is -6.01. The van der Waals surface area contributed by atoms with Crippen molar-refractivity contribution in [1.82, 2.24) is 0 Å². The van der Waals surface area contributed by atoms with Crippen LogP contribution in [0.3, 0.4) is 0 Å². The van der Waals surface area contributed by atoms with E-state index in [0.717, 1.165) is 12.7 Å². The second kappa shape index (κ2) is 18.8. The van der Waals surface area contributed by atoms with Gasteiger partial charge in [-0.3, -0.25) is 4.79 Å². The fourth-order valence-electron chi connectivity index (χ4n) is 4.29. The molecule has 1 saturated heterocycles. The maximum Gasteiger partial charge on any atom is 0.342 e. The van der Waals surface area contributed by atoms with Crippen LogP contribution >= 0.6 is 0 Å². The number of rotatable bonds is 9. The van der Waals surface area contributed by atoms with Gasteiger partial charge in [-0.15, -0.1) is 0 Å². The van der Waals surface area contributed by atoms with E-state index >= 15 is 0 Å².